The van der Waals surface area contributed by atoms with Crippen molar-refractivity contribution in [2.45, 2.75) is 63.5 Å². The third-order valence-electron chi connectivity index (χ3n) is 6.09. The molecule has 5 aliphatic rings. The molecule has 1 amide bonds. The zero-order valence-electron chi connectivity index (χ0n) is 12.0. The lowest BCUT2D eigenvalue weighted by Crippen LogP contribution is -2.61. The van der Waals surface area contributed by atoms with Gasteiger partial charge in [0.1, 0.15) is 0 Å². The Morgan fingerprint density at radius 2 is 1.63 bits per heavy atom. The van der Waals surface area contributed by atoms with Crippen LogP contribution in [0.25, 0.3) is 0 Å². The highest BCUT2D eigenvalue weighted by Gasteiger charge is 2.51. The van der Waals surface area contributed by atoms with Crippen LogP contribution in [0.15, 0.2) is 0 Å². The second kappa shape index (κ2) is 4.21. The first-order chi connectivity index (χ1) is 9.12. The summed E-state index contributed by atoms with van der Waals surface area (Å²) < 4.78 is 0. The summed E-state index contributed by atoms with van der Waals surface area (Å²) in [6.07, 6.45) is 9.10. The molecule has 2 atom stereocenters. The van der Waals surface area contributed by atoms with E-state index in [2.05, 4.69) is 17.6 Å². The molecule has 106 valence electrons. The molecule has 2 unspecified atom stereocenters. The van der Waals surface area contributed by atoms with E-state index in [0.717, 1.165) is 30.7 Å². The van der Waals surface area contributed by atoms with Gasteiger partial charge in [0.05, 0.1) is 6.04 Å². The standard InChI is InChI=1S/C16H26N2O/c1-10-2-14(17-9-10)15(19)18-16-6-11-3-12(7-16)5-13(4-11)8-16/h10-14,17H,2-9H2,1H3,(H,18,19). The zero-order valence-corrected chi connectivity index (χ0v) is 12.0. The quantitative estimate of drug-likeness (QED) is 0.800. The van der Waals surface area contributed by atoms with Crippen molar-refractivity contribution in [3.63, 3.8) is 0 Å². The fraction of sp³-hybridized carbons (Fsp3) is 0.938. The van der Waals surface area contributed by atoms with Gasteiger partial charge in [0.15, 0.2) is 0 Å². The van der Waals surface area contributed by atoms with E-state index in [1.54, 1.807) is 0 Å². The van der Waals surface area contributed by atoms with Crippen LogP contribution in [-0.2, 0) is 4.79 Å². The monoisotopic (exact) mass is 262 g/mol. The number of hydrogen-bond acceptors (Lipinski definition) is 2. The molecule has 3 nitrogen and oxygen atoms in total. The second-order valence-corrected chi connectivity index (χ2v) is 7.99. The van der Waals surface area contributed by atoms with Gasteiger partial charge < -0.3 is 10.6 Å². The van der Waals surface area contributed by atoms with E-state index < -0.39 is 0 Å². The molecule has 2 N–H and O–H groups in total. The maximum absolute atomic E-state index is 12.5. The van der Waals surface area contributed by atoms with Crippen LogP contribution in [0.3, 0.4) is 0 Å². The van der Waals surface area contributed by atoms with Crippen LogP contribution in [0.1, 0.15) is 51.9 Å². The Kier molecular flexibility index (Phi) is 2.70. The van der Waals surface area contributed by atoms with E-state index in [9.17, 15) is 4.79 Å². The van der Waals surface area contributed by atoms with E-state index in [1.807, 2.05) is 0 Å². The first-order valence-corrected chi connectivity index (χ1v) is 8.17. The number of hydrogen-bond donors (Lipinski definition) is 2. The fourth-order valence-electron chi connectivity index (χ4n) is 5.72. The molecule has 19 heavy (non-hydrogen) atoms. The van der Waals surface area contributed by atoms with E-state index in [-0.39, 0.29) is 17.5 Å². The average Bonchev–Trinajstić information content (AvgIpc) is 2.73. The van der Waals surface area contributed by atoms with Crippen LogP contribution in [0, 0.1) is 23.7 Å². The molecule has 0 radical (unpaired) electrons. The van der Waals surface area contributed by atoms with E-state index >= 15 is 0 Å². The number of rotatable bonds is 2. The van der Waals surface area contributed by atoms with Gasteiger partial charge in [0, 0.05) is 5.54 Å². The van der Waals surface area contributed by atoms with Gasteiger partial charge in [-0.25, -0.2) is 0 Å². The van der Waals surface area contributed by atoms with Gasteiger partial charge >= 0.3 is 0 Å². The van der Waals surface area contributed by atoms with Crippen LogP contribution in [0.4, 0.5) is 0 Å². The lowest BCUT2D eigenvalue weighted by Gasteiger charge is -2.57. The number of carbonyl (C=O) groups is 1. The summed E-state index contributed by atoms with van der Waals surface area (Å²) in [5.74, 6) is 3.64. The molecule has 1 saturated heterocycles. The molecule has 0 aromatic carbocycles. The van der Waals surface area contributed by atoms with E-state index in [4.69, 9.17) is 0 Å². The third-order valence-corrected chi connectivity index (χ3v) is 6.09. The first kappa shape index (κ1) is 12.2. The van der Waals surface area contributed by atoms with Crippen molar-refractivity contribution in [1.29, 1.82) is 0 Å². The summed E-state index contributed by atoms with van der Waals surface area (Å²) >= 11 is 0. The van der Waals surface area contributed by atoms with Gasteiger partial charge in [0.25, 0.3) is 0 Å². The second-order valence-electron chi connectivity index (χ2n) is 7.99. The molecular weight excluding hydrogens is 236 g/mol. The average molecular weight is 262 g/mol. The number of amides is 1. The minimum Gasteiger partial charge on any atom is -0.349 e. The van der Waals surface area contributed by atoms with Crippen molar-refractivity contribution in [3.05, 3.63) is 0 Å². The number of nitrogens with one attached hydrogen (secondary N) is 2. The molecule has 4 saturated carbocycles. The lowest BCUT2D eigenvalue weighted by molar-refractivity contribution is -0.128. The van der Waals surface area contributed by atoms with Gasteiger partial charge in [0.2, 0.25) is 5.91 Å². The summed E-state index contributed by atoms with van der Waals surface area (Å²) in [5, 5.41) is 6.86. The zero-order chi connectivity index (χ0) is 13.0. The van der Waals surface area contributed by atoms with Crippen molar-refractivity contribution in [3.8, 4) is 0 Å². The molecule has 0 spiro atoms. The van der Waals surface area contributed by atoms with E-state index in [1.165, 1.54) is 38.5 Å². The Morgan fingerprint density at radius 1 is 1.05 bits per heavy atom. The Morgan fingerprint density at radius 3 is 2.11 bits per heavy atom. The Bertz CT molecular complexity index is 357. The molecule has 1 aliphatic heterocycles. The lowest BCUT2D eigenvalue weighted by atomic mass is 9.53. The predicted octanol–water partition coefficient (Wildman–Crippen LogP) is 2.07. The van der Waals surface area contributed by atoms with Crippen LogP contribution >= 0.6 is 0 Å². The maximum atomic E-state index is 12.5. The highest BCUT2D eigenvalue weighted by Crippen LogP contribution is 2.55. The highest BCUT2D eigenvalue weighted by molar-refractivity contribution is 5.82. The topological polar surface area (TPSA) is 41.1 Å². The van der Waals surface area contributed by atoms with Crippen LogP contribution in [0.2, 0.25) is 0 Å². The van der Waals surface area contributed by atoms with Crippen molar-refractivity contribution in [2.75, 3.05) is 6.54 Å². The van der Waals surface area contributed by atoms with Crippen molar-refractivity contribution in [1.82, 2.24) is 10.6 Å². The molecule has 5 rings (SSSR count). The Labute approximate surface area is 115 Å². The number of carbonyl (C=O) groups excluding carboxylic acids is 1. The first-order valence-electron chi connectivity index (χ1n) is 8.17. The molecule has 0 aromatic heterocycles. The smallest absolute Gasteiger partial charge is 0.237 e. The van der Waals surface area contributed by atoms with Gasteiger partial charge in [-0.2, -0.15) is 0 Å². The molecule has 5 fully saturated rings. The summed E-state index contributed by atoms with van der Waals surface area (Å²) in [6, 6.07) is 0.0722. The van der Waals surface area contributed by atoms with E-state index in [0.29, 0.717) is 5.92 Å². The van der Waals surface area contributed by atoms with Gasteiger partial charge in [-0.05, 0) is 75.2 Å². The van der Waals surface area contributed by atoms with Gasteiger partial charge in [-0.15, -0.1) is 0 Å². The molecule has 0 aromatic rings. The molecular formula is C16H26N2O. The van der Waals surface area contributed by atoms with Crippen LogP contribution in [-0.4, -0.2) is 24.0 Å². The fourth-order valence-corrected chi connectivity index (χ4v) is 5.72. The normalized spacial score (nSPS) is 51.5. The molecule has 4 aliphatic carbocycles. The maximum Gasteiger partial charge on any atom is 0.237 e. The molecule has 3 heteroatoms. The summed E-state index contributed by atoms with van der Waals surface area (Å²) in [5.41, 5.74) is 0.180. The summed E-state index contributed by atoms with van der Waals surface area (Å²) in [7, 11) is 0. The predicted molar refractivity (Wildman–Crippen MR) is 74.6 cm³/mol. The third kappa shape index (κ3) is 2.10. The largest absolute Gasteiger partial charge is 0.349 e. The highest BCUT2D eigenvalue weighted by atomic mass is 16.2. The van der Waals surface area contributed by atoms with Crippen LogP contribution in [0.5, 0.6) is 0 Å². The summed E-state index contributed by atoms with van der Waals surface area (Å²) in [4.78, 5) is 12.5. The minimum absolute atomic E-state index is 0.0722. The summed E-state index contributed by atoms with van der Waals surface area (Å²) in [6.45, 7) is 3.23. The van der Waals surface area contributed by atoms with Gasteiger partial charge in [-0.1, -0.05) is 6.92 Å². The van der Waals surface area contributed by atoms with Crippen molar-refractivity contribution >= 4 is 5.91 Å². The Hall–Kier alpha value is -0.570. The Balaban J connectivity index is 1.46. The molecule has 4 bridgehead atoms. The SMILES string of the molecule is CC1CNC(C(=O)NC23CC4CC(CC(C4)C2)C3)C1. The van der Waals surface area contributed by atoms with Crippen molar-refractivity contribution in [2.24, 2.45) is 23.7 Å². The molecule has 1 heterocycles. The van der Waals surface area contributed by atoms with Crippen LogP contribution < -0.4 is 10.6 Å². The van der Waals surface area contributed by atoms with Gasteiger partial charge in [-0.3, -0.25) is 4.79 Å². The van der Waals surface area contributed by atoms with Crippen molar-refractivity contribution < 1.29 is 4.79 Å². The minimum atomic E-state index is 0.0722.